The van der Waals surface area contributed by atoms with Gasteiger partial charge in [-0.2, -0.15) is 9.97 Å². The maximum Gasteiger partial charge on any atom is 0.238 e. The van der Waals surface area contributed by atoms with Crippen LogP contribution in [0.2, 0.25) is 0 Å². The van der Waals surface area contributed by atoms with Crippen LogP contribution in [0, 0.1) is 0 Å². The fraction of sp³-hybridized carbons (Fsp3) is 0.0172. The van der Waals surface area contributed by atoms with Crippen LogP contribution in [0.25, 0.3) is 89.5 Å². The third-order valence-corrected chi connectivity index (χ3v) is 11.8. The van der Waals surface area contributed by atoms with E-state index in [2.05, 4.69) is 180 Å². The predicted octanol–water partition coefficient (Wildman–Crippen LogP) is 14.6. The second kappa shape index (κ2) is 16.2. The molecule has 0 atom stereocenters. The Hall–Kier alpha value is -8.41. The number of fused-ring (bicyclic) bond motifs is 4. The largest absolute Gasteiger partial charge is 0.337 e. The van der Waals surface area contributed by atoms with Gasteiger partial charge in [0.15, 0.2) is 11.6 Å². The molecular formula is C58H41N5. The first-order valence-electron chi connectivity index (χ1n) is 21.3. The SMILES string of the molecule is C=C1/C=C\C=C/CN(c2cc(-c3ccccc3)cc(-c3ccccc3)c2)c2ccc(-c3ccc4c(c3)c3ccccc3n4-c3nc(-c4ccccc4)nc(-c4ccccc4)n3)cc21. The van der Waals surface area contributed by atoms with Crippen molar-refractivity contribution in [2.45, 2.75) is 0 Å². The van der Waals surface area contributed by atoms with Gasteiger partial charge in [0.2, 0.25) is 5.95 Å². The Morgan fingerprint density at radius 2 is 0.952 bits per heavy atom. The van der Waals surface area contributed by atoms with Gasteiger partial charge in [0.05, 0.1) is 11.0 Å². The van der Waals surface area contributed by atoms with E-state index in [1.54, 1.807) is 0 Å². The van der Waals surface area contributed by atoms with E-state index in [4.69, 9.17) is 15.0 Å². The molecule has 0 bridgehead atoms. The van der Waals surface area contributed by atoms with E-state index in [9.17, 15) is 0 Å². The Morgan fingerprint density at radius 1 is 0.413 bits per heavy atom. The minimum Gasteiger partial charge on any atom is -0.337 e. The molecule has 1 aliphatic heterocycles. The number of hydrogen-bond donors (Lipinski definition) is 0. The summed E-state index contributed by atoms with van der Waals surface area (Å²) in [6.45, 7) is 5.30. The highest BCUT2D eigenvalue weighted by Crippen LogP contribution is 2.41. The van der Waals surface area contributed by atoms with Gasteiger partial charge in [-0.05, 0) is 87.5 Å². The fourth-order valence-corrected chi connectivity index (χ4v) is 8.68. The standard InChI is InChI=1S/C58H41N5/c1-40-19-7-6-18-34-62(49-36-47(41-20-8-2-9-21-41)35-48(37-49)42-22-10-3-11-23-42)53-32-30-45(38-51(40)53)46-31-33-55-52(39-46)50-28-16-17-29-54(50)63(55)58-60-56(43-24-12-4-13-25-43)59-57(61-58)44-26-14-5-15-27-44/h2-33,35-39H,1,34H2/b18-6-,19-7-. The lowest BCUT2D eigenvalue weighted by molar-refractivity contribution is 0.953. The minimum atomic E-state index is 0.572. The molecule has 0 amide bonds. The van der Waals surface area contributed by atoms with E-state index in [-0.39, 0.29) is 0 Å². The Kier molecular flexibility index (Phi) is 9.68. The van der Waals surface area contributed by atoms with Gasteiger partial charge in [0.25, 0.3) is 0 Å². The van der Waals surface area contributed by atoms with Crippen molar-refractivity contribution < 1.29 is 0 Å². The molecule has 5 nitrogen and oxygen atoms in total. The molecule has 0 N–H and O–H groups in total. The first kappa shape index (κ1) is 37.6. The summed E-state index contributed by atoms with van der Waals surface area (Å²) >= 11 is 0. The molecule has 11 rings (SSSR count). The van der Waals surface area contributed by atoms with Crippen LogP contribution in [-0.4, -0.2) is 26.1 Å². The Morgan fingerprint density at radius 3 is 1.59 bits per heavy atom. The number of hydrogen-bond acceptors (Lipinski definition) is 4. The van der Waals surface area contributed by atoms with E-state index in [1.807, 2.05) is 60.7 Å². The summed E-state index contributed by atoms with van der Waals surface area (Å²) in [5, 5.41) is 2.24. The average molecular weight is 808 g/mol. The van der Waals surface area contributed by atoms with Gasteiger partial charge in [0.1, 0.15) is 0 Å². The van der Waals surface area contributed by atoms with Gasteiger partial charge in [-0.3, -0.25) is 4.57 Å². The van der Waals surface area contributed by atoms with E-state index in [1.165, 1.54) is 22.3 Å². The van der Waals surface area contributed by atoms with Crippen molar-refractivity contribution in [2.75, 3.05) is 11.4 Å². The van der Waals surface area contributed by atoms with Gasteiger partial charge in [0, 0.05) is 45.4 Å². The van der Waals surface area contributed by atoms with Crippen LogP contribution in [0.3, 0.4) is 0 Å². The number of para-hydroxylation sites is 1. The van der Waals surface area contributed by atoms with Gasteiger partial charge in [-0.15, -0.1) is 0 Å². The van der Waals surface area contributed by atoms with E-state index >= 15 is 0 Å². The van der Waals surface area contributed by atoms with Crippen LogP contribution >= 0.6 is 0 Å². The third kappa shape index (κ3) is 7.22. The van der Waals surface area contributed by atoms with Gasteiger partial charge >= 0.3 is 0 Å². The summed E-state index contributed by atoms with van der Waals surface area (Å²) in [7, 11) is 0. The topological polar surface area (TPSA) is 46.8 Å². The zero-order valence-electron chi connectivity index (χ0n) is 34.5. The smallest absolute Gasteiger partial charge is 0.238 e. The van der Waals surface area contributed by atoms with Crippen molar-refractivity contribution >= 4 is 38.8 Å². The van der Waals surface area contributed by atoms with Crippen LogP contribution < -0.4 is 4.90 Å². The Balaban J connectivity index is 1.05. The van der Waals surface area contributed by atoms with Crippen molar-refractivity contribution in [1.82, 2.24) is 19.5 Å². The van der Waals surface area contributed by atoms with Crippen LogP contribution in [0.4, 0.5) is 11.4 Å². The molecule has 0 spiro atoms. The molecule has 1 aliphatic rings. The highest BCUT2D eigenvalue weighted by atomic mass is 15.2. The van der Waals surface area contributed by atoms with Crippen molar-refractivity contribution in [1.29, 1.82) is 0 Å². The number of aromatic nitrogens is 4. The number of anilines is 2. The van der Waals surface area contributed by atoms with E-state index in [0.717, 1.165) is 66.6 Å². The second-order valence-electron chi connectivity index (χ2n) is 15.8. The number of allylic oxidation sites excluding steroid dienone is 4. The molecule has 3 heterocycles. The van der Waals surface area contributed by atoms with E-state index < -0.39 is 0 Å². The average Bonchev–Trinajstić information content (AvgIpc) is 3.72. The lowest BCUT2D eigenvalue weighted by Crippen LogP contribution is -2.18. The maximum absolute atomic E-state index is 5.13. The molecule has 5 heteroatoms. The van der Waals surface area contributed by atoms with Gasteiger partial charge < -0.3 is 4.90 Å². The molecule has 10 aromatic rings. The second-order valence-corrected chi connectivity index (χ2v) is 15.8. The van der Waals surface area contributed by atoms with Crippen LogP contribution in [0.5, 0.6) is 0 Å². The van der Waals surface area contributed by atoms with Gasteiger partial charge in [-0.25, -0.2) is 4.98 Å². The van der Waals surface area contributed by atoms with Crippen molar-refractivity contribution in [3.05, 3.63) is 237 Å². The zero-order valence-corrected chi connectivity index (χ0v) is 34.5. The summed E-state index contributed by atoms with van der Waals surface area (Å²) in [6, 6.07) is 70.4. The molecule has 0 aliphatic carbocycles. The Labute approximate surface area is 367 Å². The zero-order chi connectivity index (χ0) is 42.1. The highest BCUT2D eigenvalue weighted by Gasteiger charge is 2.21. The maximum atomic E-state index is 5.13. The predicted molar refractivity (Wildman–Crippen MR) is 262 cm³/mol. The van der Waals surface area contributed by atoms with Crippen LogP contribution in [-0.2, 0) is 0 Å². The minimum absolute atomic E-state index is 0.572. The molecule has 0 unspecified atom stereocenters. The van der Waals surface area contributed by atoms with Crippen molar-refractivity contribution in [3.8, 4) is 62.1 Å². The molecule has 0 fully saturated rings. The molecule has 0 radical (unpaired) electrons. The Bertz CT molecular complexity index is 3250. The monoisotopic (exact) mass is 807 g/mol. The fourth-order valence-electron chi connectivity index (χ4n) is 8.68. The number of benzene rings is 8. The lowest BCUT2D eigenvalue weighted by atomic mass is 9.95. The first-order chi connectivity index (χ1) is 31.1. The molecule has 63 heavy (non-hydrogen) atoms. The third-order valence-electron chi connectivity index (χ3n) is 11.8. The molecular weight excluding hydrogens is 767 g/mol. The normalized spacial score (nSPS) is 13.6. The summed E-state index contributed by atoms with van der Waals surface area (Å²) < 4.78 is 2.17. The van der Waals surface area contributed by atoms with Crippen molar-refractivity contribution in [2.24, 2.45) is 0 Å². The van der Waals surface area contributed by atoms with E-state index in [0.29, 0.717) is 24.1 Å². The number of nitrogens with zero attached hydrogens (tertiary/aromatic N) is 5. The van der Waals surface area contributed by atoms with Crippen molar-refractivity contribution in [3.63, 3.8) is 0 Å². The van der Waals surface area contributed by atoms with Crippen LogP contribution in [0.1, 0.15) is 5.56 Å². The van der Waals surface area contributed by atoms with Crippen LogP contribution in [0.15, 0.2) is 231 Å². The molecule has 2 aromatic heterocycles. The molecule has 0 saturated carbocycles. The highest BCUT2D eigenvalue weighted by molar-refractivity contribution is 6.10. The molecule has 8 aromatic carbocycles. The summed E-state index contributed by atoms with van der Waals surface area (Å²) in [5.41, 5.74) is 15.1. The van der Waals surface area contributed by atoms with Gasteiger partial charge in [-0.1, -0.05) is 183 Å². The number of rotatable bonds is 7. The summed E-state index contributed by atoms with van der Waals surface area (Å²) in [5.74, 6) is 1.82. The quantitative estimate of drug-likeness (QED) is 0.161. The first-order valence-corrected chi connectivity index (χ1v) is 21.3. The lowest BCUT2D eigenvalue weighted by Gasteiger charge is -2.28. The molecule has 298 valence electrons. The summed E-state index contributed by atoms with van der Waals surface area (Å²) in [6.07, 6.45) is 8.53. The molecule has 0 saturated heterocycles. The summed E-state index contributed by atoms with van der Waals surface area (Å²) in [4.78, 5) is 17.6.